The Balaban J connectivity index is 2.48. The summed E-state index contributed by atoms with van der Waals surface area (Å²) in [5.41, 5.74) is -3.95. The van der Waals surface area contributed by atoms with E-state index in [1.807, 2.05) is 0 Å². The summed E-state index contributed by atoms with van der Waals surface area (Å²) in [5, 5.41) is 11.8. The minimum absolute atomic E-state index is 1.98. The minimum atomic E-state index is -2.73. The van der Waals surface area contributed by atoms with Crippen molar-refractivity contribution in [1.82, 2.24) is 0 Å². The van der Waals surface area contributed by atoms with Crippen molar-refractivity contribution < 1.29 is 62.9 Å². The molecule has 34 heavy (non-hydrogen) atoms. The molecule has 0 saturated heterocycles. The highest BCUT2D eigenvalue weighted by Gasteiger charge is 2.36. The third kappa shape index (κ3) is 2.67. The quantitative estimate of drug-likeness (QED) is 0.172. The Kier molecular flexibility index (Phi) is 5.03. The van der Waals surface area contributed by atoms with Crippen LogP contribution in [0.1, 0.15) is 0 Å². The van der Waals surface area contributed by atoms with Crippen molar-refractivity contribution >= 4 is 21.5 Å². The lowest BCUT2D eigenvalue weighted by Crippen LogP contribution is -2.07. The number of phenols is 2. The van der Waals surface area contributed by atoms with Gasteiger partial charge in [-0.1, -0.05) is 0 Å². The minimum Gasteiger partial charge on any atom is -0.504 e. The first-order chi connectivity index (χ1) is 15.7. The maximum atomic E-state index is 14.6. The van der Waals surface area contributed by atoms with Gasteiger partial charge in [-0.2, -0.15) is 8.78 Å². The zero-order valence-corrected chi connectivity index (χ0v) is 15.4. The van der Waals surface area contributed by atoms with Gasteiger partial charge >= 0.3 is 0 Å². The van der Waals surface area contributed by atoms with Crippen molar-refractivity contribution in [3.63, 3.8) is 0 Å². The van der Waals surface area contributed by atoms with Gasteiger partial charge in [0.15, 0.2) is 69.7 Å². The molecule has 0 heterocycles. The number of rotatable bonds is 1. The summed E-state index contributed by atoms with van der Waals surface area (Å²) in [5.74, 6) is -36.2. The molecule has 0 aromatic heterocycles. The van der Waals surface area contributed by atoms with Gasteiger partial charge in [0.1, 0.15) is 0 Å². The van der Waals surface area contributed by atoms with Gasteiger partial charge in [0.05, 0.1) is 10.8 Å². The van der Waals surface area contributed by atoms with Gasteiger partial charge in [0, 0.05) is 21.9 Å². The van der Waals surface area contributed by atoms with E-state index in [1.54, 1.807) is 0 Å². The van der Waals surface area contributed by atoms with Crippen LogP contribution in [0.25, 0.3) is 32.7 Å². The van der Waals surface area contributed by atoms with Crippen LogP contribution in [-0.2, 0) is 0 Å². The molecule has 0 spiro atoms. The van der Waals surface area contributed by atoms with E-state index in [4.69, 9.17) is 0 Å². The summed E-state index contributed by atoms with van der Waals surface area (Å²) in [6, 6.07) is 0. The fraction of sp³-hybridized carbons (Fsp3) is 0. The normalized spacial score (nSPS) is 11.8. The summed E-state index contributed by atoms with van der Waals surface area (Å²) >= 11 is 0. The van der Waals surface area contributed by atoms with E-state index >= 15 is 0 Å². The SMILES string of the molecule is Oc1c(F)c(F)c2c(F)c(F)c(F)c(F)c2c1-c1c(O)c(F)c(F)c2c(F)c(F)c(F)c(F)c12. The van der Waals surface area contributed by atoms with Gasteiger partial charge in [-0.3, -0.25) is 0 Å². The molecule has 4 aromatic rings. The second-order valence-corrected chi connectivity index (χ2v) is 6.72. The molecule has 0 radical (unpaired) electrons. The number of phenolic OH excluding ortho intramolecular Hbond substituents is 2. The van der Waals surface area contributed by atoms with Crippen LogP contribution in [-0.4, -0.2) is 10.2 Å². The zero-order valence-electron chi connectivity index (χ0n) is 15.4. The lowest BCUT2D eigenvalue weighted by atomic mass is 9.90. The van der Waals surface area contributed by atoms with E-state index in [-0.39, 0.29) is 0 Å². The van der Waals surface area contributed by atoms with Gasteiger partial charge < -0.3 is 10.2 Å². The molecular weight excluding hydrogens is 500 g/mol. The van der Waals surface area contributed by atoms with E-state index in [0.29, 0.717) is 0 Å². The number of hydrogen-bond donors (Lipinski definition) is 2. The van der Waals surface area contributed by atoms with E-state index in [9.17, 15) is 62.9 Å². The molecule has 0 bridgehead atoms. The van der Waals surface area contributed by atoms with Crippen LogP contribution in [0.5, 0.6) is 11.5 Å². The van der Waals surface area contributed by atoms with Gasteiger partial charge in [-0.05, 0) is 0 Å². The number of aromatic hydroxyl groups is 2. The third-order valence-corrected chi connectivity index (χ3v) is 5.00. The fourth-order valence-corrected chi connectivity index (χ4v) is 3.52. The lowest BCUT2D eigenvalue weighted by molar-refractivity contribution is 0.396. The standard InChI is InChI=1S/C20H2F12O2/c21-7-1-3(19(33)17(31)11(25)5(1)9(23)15(29)13(7)27)4-2-6(12(26)18(32)20(4)34)10(24)16(30)14(28)8(2)22/h33-34H. The second kappa shape index (κ2) is 7.33. The number of fused-ring (bicyclic) bond motifs is 2. The summed E-state index contributed by atoms with van der Waals surface area (Å²) in [4.78, 5) is 0. The molecule has 0 saturated carbocycles. The van der Waals surface area contributed by atoms with E-state index in [1.165, 1.54) is 0 Å². The summed E-state index contributed by atoms with van der Waals surface area (Å²) in [6.45, 7) is 0. The van der Waals surface area contributed by atoms with Crippen LogP contribution < -0.4 is 0 Å². The van der Waals surface area contributed by atoms with Crippen molar-refractivity contribution in [2.45, 2.75) is 0 Å². The monoisotopic (exact) mass is 502 g/mol. The first kappa shape index (κ1) is 23.3. The highest BCUT2D eigenvalue weighted by atomic mass is 19.2. The Hall–Kier alpha value is -3.84. The van der Waals surface area contributed by atoms with Gasteiger partial charge in [-0.25, -0.2) is 43.9 Å². The number of hydrogen-bond acceptors (Lipinski definition) is 2. The Morgan fingerprint density at radius 2 is 0.471 bits per heavy atom. The molecule has 0 unspecified atom stereocenters. The Labute approximate surface area is 177 Å². The first-order valence-electron chi connectivity index (χ1n) is 8.47. The predicted octanol–water partition coefficient (Wildman–Crippen LogP) is 6.74. The summed E-state index contributed by atoms with van der Waals surface area (Å²) in [6.07, 6.45) is 0. The first-order valence-corrected chi connectivity index (χ1v) is 8.47. The maximum Gasteiger partial charge on any atom is 0.201 e. The van der Waals surface area contributed by atoms with Crippen molar-refractivity contribution in [3.05, 3.63) is 69.8 Å². The molecular formula is C20H2F12O2. The summed E-state index contributed by atoms with van der Waals surface area (Å²) < 4.78 is 170. The molecule has 2 N–H and O–H groups in total. The lowest BCUT2D eigenvalue weighted by Gasteiger charge is -2.18. The highest BCUT2D eigenvalue weighted by molar-refractivity contribution is 6.10. The fourth-order valence-electron chi connectivity index (χ4n) is 3.52. The zero-order chi connectivity index (χ0) is 25.5. The molecule has 0 aliphatic carbocycles. The molecule has 0 aliphatic heterocycles. The highest BCUT2D eigenvalue weighted by Crippen LogP contribution is 2.51. The predicted molar refractivity (Wildman–Crippen MR) is 89.7 cm³/mol. The van der Waals surface area contributed by atoms with Gasteiger partial charge in [-0.15, -0.1) is 0 Å². The van der Waals surface area contributed by atoms with Crippen LogP contribution in [0.15, 0.2) is 0 Å². The van der Waals surface area contributed by atoms with Gasteiger partial charge in [0.2, 0.25) is 11.6 Å². The topological polar surface area (TPSA) is 40.5 Å². The molecule has 4 rings (SSSR count). The van der Waals surface area contributed by atoms with Crippen LogP contribution >= 0.6 is 0 Å². The van der Waals surface area contributed by atoms with Crippen LogP contribution in [0.3, 0.4) is 0 Å². The maximum absolute atomic E-state index is 14.6. The van der Waals surface area contributed by atoms with Crippen molar-refractivity contribution in [2.75, 3.05) is 0 Å². The molecule has 14 heteroatoms. The molecule has 178 valence electrons. The average Bonchev–Trinajstić information content (AvgIpc) is 2.80. The molecule has 0 aliphatic rings. The Bertz CT molecular complexity index is 1460. The van der Waals surface area contributed by atoms with Crippen LogP contribution in [0.4, 0.5) is 52.7 Å². The molecule has 4 aromatic carbocycles. The Morgan fingerprint density at radius 1 is 0.265 bits per heavy atom. The largest absolute Gasteiger partial charge is 0.504 e. The summed E-state index contributed by atoms with van der Waals surface area (Å²) in [7, 11) is 0. The Morgan fingerprint density at radius 3 is 0.735 bits per heavy atom. The number of halogens is 12. The molecule has 2 nitrogen and oxygen atoms in total. The smallest absolute Gasteiger partial charge is 0.201 e. The van der Waals surface area contributed by atoms with Gasteiger partial charge in [0.25, 0.3) is 0 Å². The molecule has 0 fully saturated rings. The van der Waals surface area contributed by atoms with Crippen molar-refractivity contribution in [1.29, 1.82) is 0 Å². The van der Waals surface area contributed by atoms with E-state index in [2.05, 4.69) is 0 Å². The van der Waals surface area contributed by atoms with Crippen LogP contribution in [0.2, 0.25) is 0 Å². The van der Waals surface area contributed by atoms with Crippen molar-refractivity contribution in [2.24, 2.45) is 0 Å². The van der Waals surface area contributed by atoms with Crippen molar-refractivity contribution in [3.8, 4) is 22.6 Å². The third-order valence-electron chi connectivity index (χ3n) is 5.00. The van der Waals surface area contributed by atoms with E-state index < -0.39 is 114 Å². The van der Waals surface area contributed by atoms with Crippen LogP contribution in [0, 0.1) is 69.8 Å². The van der Waals surface area contributed by atoms with E-state index in [0.717, 1.165) is 0 Å². The number of benzene rings is 4. The molecule has 0 atom stereocenters. The molecule has 0 amide bonds. The second-order valence-electron chi connectivity index (χ2n) is 6.72. The average molecular weight is 502 g/mol.